The van der Waals surface area contributed by atoms with Gasteiger partial charge in [-0.3, -0.25) is 4.98 Å². The van der Waals surface area contributed by atoms with Crippen molar-refractivity contribution in [1.29, 1.82) is 0 Å². The Labute approximate surface area is 168 Å². The quantitative estimate of drug-likeness (QED) is 0.555. The molecule has 0 amide bonds. The van der Waals surface area contributed by atoms with Gasteiger partial charge < -0.3 is 15.7 Å². The Kier molecular flexibility index (Phi) is 7.06. The summed E-state index contributed by atoms with van der Waals surface area (Å²) in [6, 6.07) is 8.92. The second-order valence-electron chi connectivity index (χ2n) is 6.61. The molecule has 1 aliphatic carbocycles. The number of aliphatic hydroxyl groups excluding tert-OH is 1. The summed E-state index contributed by atoms with van der Waals surface area (Å²) in [5, 5.41) is 18.7. The van der Waals surface area contributed by atoms with E-state index < -0.39 is 0 Å². The smallest absolute Gasteiger partial charge is 0.130 e. The van der Waals surface area contributed by atoms with E-state index >= 15 is 0 Å². The van der Waals surface area contributed by atoms with Crippen LogP contribution in [0.3, 0.4) is 0 Å². The average molecular weight is 432 g/mol. The van der Waals surface area contributed by atoms with E-state index in [-0.39, 0.29) is 0 Å². The van der Waals surface area contributed by atoms with E-state index in [4.69, 9.17) is 5.11 Å². The Hall–Kier alpha value is -2.12. The molecule has 0 aliphatic heterocycles. The van der Waals surface area contributed by atoms with E-state index in [0.29, 0.717) is 12.6 Å². The van der Waals surface area contributed by atoms with Crippen LogP contribution in [0.2, 0.25) is 0 Å². The van der Waals surface area contributed by atoms with E-state index in [0.717, 1.165) is 34.2 Å². The number of pyridine rings is 2. The van der Waals surface area contributed by atoms with Crippen LogP contribution in [-0.4, -0.2) is 32.9 Å². The number of nitrogens with zero attached hydrogens (tertiary/aromatic N) is 3. The van der Waals surface area contributed by atoms with E-state index in [2.05, 4.69) is 54.8 Å². The molecule has 7 heteroatoms. The zero-order valence-corrected chi connectivity index (χ0v) is 17.1. The highest BCUT2D eigenvalue weighted by Gasteiger charge is 2.15. The van der Waals surface area contributed by atoms with Gasteiger partial charge in [0.05, 0.1) is 16.2 Å². The van der Waals surface area contributed by atoms with Crippen molar-refractivity contribution in [3.63, 3.8) is 0 Å². The lowest BCUT2D eigenvalue weighted by molar-refractivity contribution is 0.399. The number of nitrogens with one attached hydrogen (secondary N) is 2. The first-order chi connectivity index (χ1) is 13.3. The van der Waals surface area contributed by atoms with Gasteiger partial charge in [-0.1, -0.05) is 25.3 Å². The van der Waals surface area contributed by atoms with E-state index in [1.165, 1.54) is 32.1 Å². The van der Waals surface area contributed by atoms with Gasteiger partial charge in [-0.05, 0) is 46.5 Å². The largest absolute Gasteiger partial charge is 0.400 e. The highest BCUT2D eigenvalue weighted by atomic mass is 79.9. The second-order valence-corrected chi connectivity index (χ2v) is 7.47. The number of anilines is 2. The third-order valence-electron chi connectivity index (χ3n) is 4.74. The molecule has 1 aliphatic rings. The number of hydrogen-bond acceptors (Lipinski definition) is 5. The fraction of sp³-hybridized carbons (Fsp3) is 0.400. The standard InChI is InChI=1S/C19H22BrN5.CH4O/c20-17-13-23-25-18(17)9-16(24-15-6-2-1-3-7-15)10-19(25)22-12-14-5-4-8-21-11-14;1-2/h4-5,8-11,13,15,22,24H,1-3,6-7,12H2;2H,1H3. The van der Waals surface area contributed by atoms with Crippen LogP contribution in [0.5, 0.6) is 0 Å². The van der Waals surface area contributed by atoms with Crippen molar-refractivity contribution in [2.45, 2.75) is 44.7 Å². The summed E-state index contributed by atoms with van der Waals surface area (Å²) in [4.78, 5) is 4.18. The Morgan fingerprint density at radius 3 is 2.74 bits per heavy atom. The lowest BCUT2D eigenvalue weighted by Gasteiger charge is -2.24. The number of rotatable bonds is 5. The van der Waals surface area contributed by atoms with Crippen molar-refractivity contribution in [1.82, 2.24) is 14.6 Å². The number of halogens is 1. The van der Waals surface area contributed by atoms with Crippen LogP contribution in [-0.2, 0) is 6.54 Å². The number of aliphatic hydroxyl groups is 1. The van der Waals surface area contributed by atoms with Gasteiger partial charge in [-0.15, -0.1) is 0 Å². The van der Waals surface area contributed by atoms with Crippen molar-refractivity contribution in [2.75, 3.05) is 17.7 Å². The monoisotopic (exact) mass is 431 g/mol. The SMILES string of the molecule is Brc1cnn2c(NCc3cccnc3)cc(NC3CCCCC3)cc12.CO. The van der Waals surface area contributed by atoms with Crippen molar-refractivity contribution in [3.8, 4) is 0 Å². The molecular weight excluding hydrogens is 406 g/mol. The van der Waals surface area contributed by atoms with Crippen LogP contribution >= 0.6 is 15.9 Å². The summed E-state index contributed by atoms with van der Waals surface area (Å²) in [5.74, 6) is 0.977. The van der Waals surface area contributed by atoms with Gasteiger partial charge in [0.2, 0.25) is 0 Å². The lowest BCUT2D eigenvalue weighted by Crippen LogP contribution is -2.22. The van der Waals surface area contributed by atoms with Gasteiger partial charge in [0.1, 0.15) is 5.82 Å². The molecule has 4 rings (SSSR count). The lowest BCUT2D eigenvalue weighted by atomic mass is 9.95. The molecule has 27 heavy (non-hydrogen) atoms. The predicted molar refractivity (Wildman–Crippen MR) is 113 cm³/mol. The molecule has 3 N–H and O–H groups in total. The van der Waals surface area contributed by atoms with Crippen molar-refractivity contribution in [2.24, 2.45) is 0 Å². The molecule has 3 heterocycles. The molecule has 3 aromatic rings. The molecule has 0 radical (unpaired) electrons. The van der Waals surface area contributed by atoms with Crippen molar-refractivity contribution < 1.29 is 5.11 Å². The Balaban J connectivity index is 0.00000102. The minimum Gasteiger partial charge on any atom is -0.400 e. The fourth-order valence-electron chi connectivity index (χ4n) is 3.44. The molecule has 144 valence electrons. The average Bonchev–Trinajstić information content (AvgIpc) is 3.10. The Bertz CT molecular complexity index is 846. The molecular formula is C20H26BrN5O. The normalized spacial score (nSPS) is 14.5. The number of fused-ring (bicyclic) bond motifs is 1. The maximum atomic E-state index is 7.00. The highest BCUT2D eigenvalue weighted by molar-refractivity contribution is 9.10. The maximum Gasteiger partial charge on any atom is 0.130 e. The van der Waals surface area contributed by atoms with Crippen LogP contribution < -0.4 is 10.6 Å². The first-order valence-corrected chi connectivity index (χ1v) is 10.1. The molecule has 0 bridgehead atoms. The molecule has 1 fully saturated rings. The maximum absolute atomic E-state index is 7.00. The summed E-state index contributed by atoms with van der Waals surface area (Å²) in [5.41, 5.74) is 3.36. The Morgan fingerprint density at radius 1 is 1.19 bits per heavy atom. The molecule has 0 aromatic carbocycles. The number of hydrogen-bond donors (Lipinski definition) is 3. The topological polar surface area (TPSA) is 74.5 Å². The summed E-state index contributed by atoms with van der Waals surface area (Å²) >= 11 is 3.61. The van der Waals surface area contributed by atoms with Crippen LogP contribution in [0.25, 0.3) is 5.52 Å². The van der Waals surface area contributed by atoms with Gasteiger partial charge in [0.25, 0.3) is 0 Å². The fourth-order valence-corrected chi connectivity index (χ4v) is 3.82. The van der Waals surface area contributed by atoms with Gasteiger partial charge >= 0.3 is 0 Å². The third kappa shape index (κ3) is 4.99. The summed E-state index contributed by atoms with van der Waals surface area (Å²) in [6.07, 6.45) is 12.0. The first-order valence-electron chi connectivity index (χ1n) is 9.31. The summed E-state index contributed by atoms with van der Waals surface area (Å²) in [6.45, 7) is 0.716. The summed E-state index contributed by atoms with van der Waals surface area (Å²) < 4.78 is 2.94. The molecule has 6 nitrogen and oxygen atoms in total. The predicted octanol–water partition coefficient (Wildman–Crippen LogP) is 4.46. The summed E-state index contributed by atoms with van der Waals surface area (Å²) in [7, 11) is 1.00. The minimum absolute atomic E-state index is 0.573. The van der Waals surface area contributed by atoms with Crippen molar-refractivity contribution >= 4 is 33.0 Å². The van der Waals surface area contributed by atoms with Gasteiger partial charge in [0, 0.05) is 43.8 Å². The van der Waals surface area contributed by atoms with Gasteiger partial charge in [0.15, 0.2) is 0 Å². The molecule has 1 saturated carbocycles. The third-order valence-corrected chi connectivity index (χ3v) is 5.36. The highest BCUT2D eigenvalue weighted by Crippen LogP contribution is 2.28. The van der Waals surface area contributed by atoms with Crippen molar-refractivity contribution in [3.05, 3.63) is 52.9 Å². The second kappa shape index (κ2) is 9.71. The first kappa shape index (κ1) is 19.6. The minimum atomic E-state index is 0.573. The van der Waals surface area contributed by atoms with Crippen LogP contribution in [0, 0.1) is 0 Å². The zero-order chi connectivity index (χ0) is 19.1. The Morgan fingerprint density at radius 2 is 2.00 bits per heavy atom. The van der Waals surface area contributed by atoms with Crippen LogP contribution in [0.1, 0.15) is 37.7 Å². The molecule has 0 unspecified atom stereocenters. The molecule has 0 saturated heterocycles. The number of aromatic nitrogens is 3. The van der Waals surface area contributed by atoms with E-state index in [9.17, 15) is 0 Å². The molecule has 0 atom stereocenters. The van der Waals surface area contributed by atoms with Gasteiger partial charge in [-0.2, -0.15) is 5.10 Å². The van der Waals surface area contributed by atoms with Crippen LogP contribution in [0.15, 0.2) is 47.3 Å². The molecule has 0 spiro atoms. The van der Waals surface area contributed by atoms with E-state index in [1.54, 1.807) is 6.20 Å². The van der Waals surface area contributed by atoms with Gasteiger partial charge in [-0.25, -0.2) is 4.52 Å². The molecule has 3 aromatic heterocycles. The van der Waals surface area contributed by atoms with Crippen LogP contribution in [0.4, 0.5) is 11.5 Å². The van der Waals surface area contributed by atoms with E-state index in [1.807, 2.05) is 23.0 Å². The zero-order valence-electron chi connectivity index (χ0n) is 15.5.